The van der Waals surface area contributed by atoms with Crippen LogP contribution in [0.1, 0.15) is 41.0 Å². The van der Waals surface area contributed by atoms with Gasteiger partial charge in [0, 0.05) is 12.6 Å². The number of nitrogens with zero attached hydrogens (tertiary/aromatic N) is 1. The number of rotatable bonds is 3. The lowest BCUT2D eigenvalue weighted by molar-refractivity contribution is 0.0952. The van der Waals surface area contributed by atoms with Crippen LogP contribution in [-0.4, -0.2) is 30.0 Å². The molecule has 1 aromatic rings. The van der Waals surface area contributed by atoms with Crippen molar-refractivity contribution in [2.75, 3.05) is 18.8 Å². The van der Waals surface area contributed by atoms with Crippen molar-refractivity contribution in [3.8, 4) is 0 Å². The lowest BCUT2D eigenvalue weighted by Gasteiger charge is -2.16. The summed E-state index contributed by atoms with van der Waals surface area (Å²) in [6, 6.07) is 0.391. The number of aromatic nitrogens is 1. The highest BCUT2D eigenvalue weighted by Crippen LogP contribution is 2.19. The maximum atomic E-state index is 12.0. The maximum absolute atomic E-state index is 12.0. The Morgan fingerprint density at radius 2 is 2.39 bits per heavy atom. The quantitative estimate of drug-likeness (QED) is 0.772. The van der Waals surface area contributed by atoms with Gasteiger partial charge in [-0.3, -0.25) is 4.79 Å². The van der Waals surface area contributed by atoms with E-state index in [1.54, 1.807) is 0 Å². The van der Waals surface area contributed by atoms with Gasteiger partial charge in [-0.25, -0.2) is 4.98 Å². The predicted molar refractivity (Wildman–Crippen MR) is 73.9 cm³/mol. The Hall–Kier alpha value is -1.14. The molecule has 1 aliphatic heterocycles. The third kappa shape index (κ3) is 3.43. The van der Waals surface area contributed by atoms with E-state index in [0.29, 0.717) is 28.3 Å². The van der Waals surface area contributed by atoms with Gasteiger partial charge >= 0.3 is 0 Å². The van der Waals surface area contributed by atoms with E-state index < -0.39 is 0 Å². The minimum Gasteiger partial charge on any atom is -0.375 e. The number of nitrogen functional groups attached to an aromatic ring is 1. The first kappa shape index (κ1) is 13.3. The van der Waals surface area contributed by atoms with Crippen LogP contribution in [0, 0.1) is 6.92 Å². The van der Waals surface area contributed by atoms with Crippen LogP contribution in [0.4, 0.5) is 5.13 Å². The van der Waals surface area contributed by atoms with E-state index in [2.05, 4.69) is 15.6 Å². The third-order valence-electron chi connectivity index (χ3n) is 3.19. The van der Waals surface area contributed by atoms with Gasteiger partial charge in [-0.2, -0.15) is 0 Å². The second-order valence-electron chi connectivity index (χ2n) is 4.68. The van der Waals surface area contributed by atoms with Crippen LogP contribution < -0.4 is 16.4 Å². The lowest BCUT2D eigenvalue weighted by Crippen LogP contribution is -2.40. The fraction of sp³-hybridized carbons (Fsp3) is 0.667. The smallest absolute Gasteiger partial charge is 0.263 e. The second kappa shape index (κ2) is 6.15. The molecule has 1 atom stereocenters. The molecular weight excluding hydrogens is 248 g/mol. The molecule has 18 heavy (non-hydrogen) atoms. The summed E-state index contributed by atoms with van der Waals surface area (Å²) in [6.07, 6.45) is 4.88. The molecular formula is C12H20N4OS. The van der Waals surface area contributed by atoms with Crippen LogP contribution >= 0.6 is 11.3 Å². The minimum atomic E-state index is -0.0623. The first-order valence-corrected chi connectivity index (χ1v) is 7.23. The molecule has 1 saturated heterocycles. The van der Waals surface area contributed by atoms with Gasteiger partial charge in [0.05, 0.1) is 5.69 Å². The Kier molecular flexibility index (Phi) is 4.54. The Morgan fingerprint density at radius 3 is 3.11 bits per heavy atom. The van der Waals surface area contributed by atoms with E-state index >= 15 is 0 Å². The number of anilines is 1. The standard InChI is InChI=1S/C12H20N4OS/c1-8-10(18-12(13)16-8)11(17)15-7-9-5-3-2-4-6-14-9/h9,14H,2-7H2,1H3,(H2,13,16)(H,15,17). The Balaban J connectivity index is 1.85. The average molecular weight is 268 g/mol. The van der Waals surface area contributed by atoms with Gasteiger partial charge in [0.1, 0.15) is 4.88 Å². The number of carbonyl (C=O) groups is 1. The molecule has 0 aliphatic carbocycles. The zero-order valence-corrected chi connectivity index (χ0v) is 11.5. The van der Waals surface area contributed by atoms with Crippen LogP contribution in [0.15, 0.2) is 0 Å². The lowest BCUT2D eigenvalue weighted by atomic mass is 10.1. The molecule has 5 nitrogen and oxygen atoms in total. The number of nitrogens with two attached hydrogens (primary N) is 1. The molecule has 0 saturated carbocycles. The van der Waals surface area contributed by atoms with E-state index in [1.807, 2.05) is 6.92 Å². The largest absolute Gasteiger partial charge is 0.375 e. The monoisotopic (exact) mass is 268 g/mol. The molecule has 100 valence electrons. The number of amides is 1. The normalized spacial score (nSPS) is 20.4. The SMILES string of the molecule is Cc1nc(N)sc1C(=O)NCC1CCCCCN1. The zero-order valence-electron chi connectivity index (χ0n) is 10.7. The number of thiazole rings is 1. The molecule has 1 amide bonds. The van der Waals surface area contributed by atoms with E-state index in [-0.39, 0.29) is 5.91 Å². The summed E-state index contributed by atoms with van der Waals surface area (Å²) in [5.74, 6) is -0.0623. The second-order valence-corrected chi connectivity index (χ2v) is 5.71. The first-order chi connectivity index (χ1) is 8.66. The van der Waals surface area contributed by atoms with Gasteiger partial charge in [-0.1, -0.05) is 24.2 Å². The third-order valence-corrected chi connectivity index (χ3v) is 4.18. The van der Waals surface area contributed by atoms with Crippen molar-refractivity contribution in [2.24, 2.45) is 0 Å². The average Bonchev–Trinajstić information content (AvgIpc) is 2.57. The first-order valence-electron chi connectivity index (χ1n) is 6.41. The molecule has 2 rings (SSSR count). The highest BCUT2D eigenvalue weighted by Gasteiger charge is 2.16. The fourth-order valence-electron chi connectivity index (χ4n) is 2.20. The van der Waals surface area contributed by atoms with E-state index in [1.165, 1.54) is 30.6 Å². The Labute approximate surface area is 111 Å². The number of hydrogen-bond donors (Lipinski definition) is 3. The van der Waals surface area contributed by atoms with Crippen molar-refractivity contribution >= 4 is 22.4 Å². The number of carbonyl (C=O) groups excluding carboxylic acids is 1. The molecule has 0 spiro atoms. The molecule has 4 N–H and O–H groups in total. The molecule has 0 bridgehead atoms. The van der Waals surface area contributed by atoms with Crippen LogP contribution in [0.3, 0.4) is 0 Å². The summed E-state index contributed by atoms with van der Waals surface area (Å²) in [6.45, 7) is 3.54. The van der Waals surface area contributed by atoms with Gasteiger partial charge in [-0.05, 0) is 26.3 Å². The summed E-state index contributed by atoms with van der Waals surface area (Å²) < 4.78 is 0. The molecule has 0 aromatic carbocycles. The van der Waals surface area contributed by atoms with Gasteiger partial charge < -0.3 is 16.4 Å². The van der Waals surface area contributed by atoms with E-state index in [9.17, 15) is 4.79 Å². The van der Waals surface area contributed by atoms with Gasteiger partial charge in [0.15, 0.2) is 5.13 Å². The molecule has 1 fully saturated rings. The molecule has 1 aromatic heterocycles. The van der Waals surface area contributed by atoms with Crippen molar-refractivity contribution in [1.29, 1.82) is 0 Å². The van der Waals surface area contributed by atoms with Crippen molar-refractivity contribution in [3.05, 3.63) is 10.6 Å². The highest BCUT2D eigenvalue weighted by atomic mass is 32.1. The van der Waals surface area contributed by atoms with Crippen molar-refractivity contribution in [1.82, 2.24) is 15.6 Å². The van der Waals surface area contributed by atoms with Gasteiger partial charge in [0.25, 0.3) is 5.91 Å². The van der Waals surface area contributed by atoms with Crippen LogP contribution in [-0.2, 0) is 0 Å². The van der Waals surface area contributed by atoms with Gasteiger partial charge in [0.2, 0.25) is 0 Å². The summed E-state index contributed by atoms with van der Waals surface area (Å²) in [4.78, 5) is 16.7. The summed E-state index contributed by atoms with van der Waals surface area (Å²) in [7, 11) is 0. The van der Waals surface area contributed by atoms with E-state index in [4.69, 9.17) is 5.73 Å². The number of aryl methyl sites for hydroxylation is 1. The summed E-state index contributed by atoms with van der Waals surface area (Å²) in [5.41, 5.74) is 6.30. The fourth-order valence-corrected chi connectivity index (χ4v) is 2.95. The highest BCUT2D eigenvalue weighted by molar-refractivity contribution is 7.17. The van der Waals surface area contributed by atoms with Crippen molar-refractivity contribution in [3.63, 3.8) is 0 Å². The molecule has 1 aliphatic rings. The molecule has 2 heterocycles. The van der Waals surface area contributed by atoms with Crippen LogP contribution in [0.25, 0.3) is 0 Å². The topological polar surface area (TPSA) is 80.0 Å². The molecule has 1 unspecified atom stereocenters. The zero-order chi connectivity index (χ0) is 13.0. The Morgan fingerprint density at radius 1 is 1.56 bits per heavy atom. The Bertz CT molecular complexity index is 410. The van der Waals surface area contributed by atoms with Crippen molar-refractivity contribution in [2.45, 2.75) is 38.6 Å². The number of hydrogen-bond acceptors (Lipinski definition) is 5. The minimum absolute atomic E-state index is 0.0623. The molecule has 6 heteroatoms. The molecule has 0 radical (unpaired) electrons. The van der Waals surface area contributed by atoms with Crippen LogP contribution in [0.2, 0.25) is 0 Å². The van der Waals surface area contributed by atoms with E-state index in [0.717, 1.165) is 13.0 Å². The number of nitrogens with one attached hydrogen (secondary N) is 2. The van der Waals surface area contributed by atoms with Gasteiger partial charge in [-0.15, -0.1) is 0 Å². The van der Waals surface area contributed by atoms with Crippen molar-refractivity contribution < 1.29 is 4.79 Å². The summed E-state index contributed by atoms with van der Waals surface area (Å²) >= 11 is 1.25. The maximum Gasteiger partial charge on any atom is 0.263 e. The summed E-state index contributed by atoms with van der Waals surface area (Å²) in [5, 5.41) is 6.87. The predicted octanol–water partition coefficient (Wildman–Crippen LogP) is 1.30. The van der Waals surface area contributed by atoms with Crippen LogP contribution in [0.5, 0.6) is 0 Å².